The Labute approximate surface area is 270 Å². The second kappa shape index (κ2) is 12.9. The Morgan fingerprint density at radius 1 is 0.766 bits per heavy atom. The smallest absolute Gasteiger partial charge is 0.405 e. The number of likely N-dealkylation sites (tertiary alicyclic amines) is 1. The molecule has 3 aliphatic heterocycles. The minimum Gasteiger partial charge on any atom is -0.459 e. The van der Waals surface area contributed by atoms with Gasteiger partial charge in [0.05, 0.1) is 5.92 Å². The SMILES string of the molecule is C.C.C.C.C.C.CCN1C(=O)C(C)C(C2C(C(C)(C(=O)OC(C)(C)C)C(F)(F)F)C3OC2C2(F)C(F)(F)C(F)(F)C(F)(F)C32F)C1=O. The molecule has 2 amide bonds. The van der Waals surface area contributed by atoms with E-state index >= 15 is 8.78 Å². The zero-order chi connectivity index (χ0) is 31.9. The molecule has 0 spiro atoms. The maximum Gasteiger partial charge on any atom is 0.405 e. The first kappa shape index (κ1) is 49.2. The molecule has 0 aromatic heterocycles. The summed E-state index contributed by atoms with van der Waals surface area (Å²) in [7, 11) is 0. The topological polar surface area (TPSA) is 72.9 Å². The first-order valence-corrected chi connectivity index (χ1v) is 12.5. The number of ether oxygens (including phenoxy) is 2. The molecule has 9 atom stereocenters. The maximum atomic E-state index is 16.3. The van der Waals surface area contributed by atoms with Crippen LogP contribution in [0.2, 0.25) is 0 Å². The van der Waals surface area contributed by atoms with Gasteiger partial charge in [-0.15, -0.1) is 0 Å². The van der Waals surface area contributed by atoms with Crippen LogP contribution in [0.5, 0.6) is 0 Å². The fourth-order valence-electron chi connectivity index (χ4n) is 6.94. The van der Waals surface area contributed by atoms with E-state index in [1.54, 1.807) is 0 Å². The number of hydrogen-bond acceptors (Lipinski definition) is 5. The quantitative estimate of drug-likeness (QED) is 0.166. The summed E-state index contributed by atoms with van der Waals surface area (Å²) in [4.78, 5) is 39.5. The number of amides is 2. The zero-order valence-electron chi connectivity index (χ0n) is 22.3. The van der Waals surface area contributed by atoms with Gasteiger partial charge in [0.15, 0.2) is 5.41 Å². The number of carbonyl (C=O) groups excluding carboxylic acids is 3. The van der Waals surface area contributed by atoms with Crippen LogP contribution in [0.15, 0.2) is 0 Å². The molecule has 4 aliphatic rings. The number of rotatable bonds is 4. The Kier molecular flexibility index (Phi) is 13.5. The van der Waals surface area contributed by atoms with Crippen LogP contribution in [0.25, 0.3) is 0 Å². The highest BCUT2D eigenvalue weighted by Crippen LogP contribution is 2.79. The second-order valence-electron chi connectivity index (χ2n) is 12.2. The molecule has 3 saturated heterocycles. The standard InChI is InChI=1S/C24H26F11NO5.6CH4/c1-7-36-14(37)8(2)9(15(36)38)10-11(18(6,24(33,34)35)16(39)41-17(3,4)5)13-20(26)19(25,12(10)40-13)21(27,28)23(31,32)22(20,29)30;;;;;;/h8-13H,7H2,1-6H3;6*1H4. The van der Waals surface area contributed by atoms with Gasteiger partial charge in [-0.1, -0.05) is 51.5 Å². The minimum atomic E-state index is -6.78. The summed E-state index contributed by atoms with van der Waals surface area (Å²) in [6.45, 7) is 5.01. The van der Waals surface area contributed by atoms with Crippen LogP contribution < -0.4 is 0 Å². The van der Waals surface area contributed by atoms with Gasteiger partial charge < -0.3 is 9.47 Å². The lowest BCUT2D eigenvalue weighted by Crippen LogP contribution is -2.72. The lowest BCUT2D eigenvalue weighted by atomic mass is 9.53. The van der Waals surface area contributed by atoms with E-state index in [9.17, 15) is 53.9 Å². The molecule has 47 heavy (non-hydrogen) atoms. The monoisotopic (exact) mass is 713 g/mol. The molecule has 2 bridgehead atoms. The fraction of sp³-hybridized carbons (Fsp3) is 0.900. The van der Waals surface area contributed by atoms with Crippen LogP contribution in [0.4, 0.5) is 48.3 Å². The average molecular weight is 714 g/mol. The summed E-state index contributed by atoms with van der Waals surface area (Å²) >= 11 is 0. The molecule has 0 aromatic rings. The van der Waals surface area contributed by atoms with Gasteiger partial charge in [0.2, 0.25) is 23.2 Å². The van der Waals surface area contributed by atoms with Crippen molar-refractivity contribution >= 4 is 17.8 Å². The van der Waals surface area contributed by atoms with Crippen molar-refractivity contribution in [1.29, 1.82) is 0 Å². The Hall–Kier alpha value is -2.20. The summed E-state index contributed by atoms with van der Waals surface area (Å²) in [5.41, 5.74) is -17.4. The van der Waals surface area contributed by atoms with Crippen LogP contribution >= 0.6 is 0 Å². The van der Waals surface area contributed by atoms with Crippen LogP contribution in [0.1, 0.15) is 86.1 Å². The maximum absolute atomic E-state index is 16.3. The first-order chi connectivity index (χ1) is 18.2. The van der Waals surface area contributed by atoms with Crippen molar-refractivity contribution in [3.8, 4) is 0 Å². The molecule has 0 radical (unpaired) electrons. The van der Waals surface area contributed by atoms with Gasteiger partial charge in [-0.25, -0.2) is 8.78 Å². The second-order valence-corrected chi connectivity index (χ2v) is 12.2. The molecule has 0 aromatic carbocycles. The van der Waals surface area contributed by atoms with E-state index in [4.69, 9.17) is 9.47 Å². The number of esters is 1. The van der Waals surface area contributed by atoms with Crippen molar-refractivity contribution in [2.75, 3.05) is 6.54 Å². The van der Waals surface area contributed by atoms with Crippen molar-refractivity contribution < 1.29 is 72.2 Å². The summed E-state index contributed by atoms with van der Waals surface area (Å²) in [6, 6.07) is 0. The highest BCUT2D eigenvalue weighted by atomic mass is 19.4. The number of nitrogens with zero attached hydrogens (tertiary/aromatic N) is 1. The molecule has 6 nitrogen and oxygen atoms in total. The molecule has 1 aliphatic carbocycles. The molecule has 3 heterocycles. The van der Waals surface area contributed by atoms with Crippen molar-refractivity contribution in [2.24, 2.45) is 29.1 Å². The Bertz CT molecular complexity index is 1190. The third-order valence-electron chi connectivity index (χ3n) is 8.95. The number of halogens is 11. The third kappa shape index (κ3) is 5.07. The number of carbonyl (C=O) groups is 3. The summed E-state index contributed by atoms with van der Waals surface area (Å²) in [5.74, 6) is -34.8. The van der Waals surface area contributed by atoms with E-state index < -0.39 is 107 Å². The number of hydrogen-bond donors (Lipinski definition) is 0. The predicted octanol–water partition coefficient (Wildman–Crippen LogP) is 8.70. The van der Waals surface area contributed by atoms with Crippen LogP contribution in [-0.4, -0.2) is 82.3 Å². The molecule has 9 unspecified atom stereocenters. The number of alkyl halides is 11. The largest absolute Gasteiger partial charge is 0.459 e. The average Bonchev–Trinajstić information content (AvgIpc) is 3.39. The van der Waals surface area contributed by atoms with E-state index in [1.165, 1.54) is 6.92 Å². The Morgan fingerprint density at radius 2 is 1.17 bits per heavy atom. The molecule has 4 fully saturated rings. The van der Waals surface area contributed by atoms with Gasteiger partial charge in [-0.3, -0.25) is 19.3 Å². The molecule has 282 valence electrons. The lowest BCUT2D eigenvalue weighted by Gasteiger charge is -2.50. The van der Waals surface area contributed by atoms with Crippen molar-refractivity contribution in [1.82, 2.24) is 4.90 Å². The Morgan fingerprint density at radius 3 is 1.51 bits per heavy atom. The summed E-state index contributed by atoms with van der Waals surface area (Å²) < 4.78 is 175. The van der Waals surface area contributed by atoms with Gasteiger partial charge in [-0.05, 0) is 34.6 Å². The molecular weight excluding hydrogens is 663 g/mol. The van der Waals surface area contributed by atoms with E-state index in [1.807, 2.05) is 0 Å². The van der Waals surface area contributed by atoms with Crippen molar-refractivity contribution in [2.45, 2.75) is 139 Å². The van der Waals surface area contributed by atoms with Gasteiger partial charge in [0, 0.05) is 24.3 Å². The molecule has 4 rings (SSSR count). The van der Waals surface area contributed by atoms with Crippen molar-refractivity contribution in [3.63, 3.8) is 0 Å². The number of imide groups is 1. The third-order valence-corrected chi connectivity index (χ3v) is 8.95. The molecular formula is C30H50F11NO5. The normalized spacial score (nSPS) is 37.0. The number of fused-ring (bicyclic) bond motifs is 5. The van der Waals surface area contributed by atoms with Crippen LogP contribution in [0, 0.1) is 29.1 Å². The summed E-state index contributed by atoms with van der Waals surface area (Å²) in [6.07, 6.45) is -13.2. The van der Waals surface area contributed by atoms with E-state index in [0.717, 1.165) is 27.7 Å². The van der Waals surface area contributed by atoms with E-state index in [2.05, 4.69) is 0 Å². The van der Waals surface area contributed by atoms with Gasteiger partial charge in [0.25, 0.3) is 0 Å². The van der Waals surface area contributed by atoms with E-state index in [0.29, 0.717) is 4.90 Å². The molecule has 17 heteroatoms. The lowest BCUT2D eigenvalue weighted by molar-refractivity contribution is -0.307. The van der Waals surface area contributed by atoms with Crippen molar-refractivity contribution in [3.05, 3.63) is 0 Å². The molecule has 1 saturated carbocycles. The van der Waals surface area contributed by atoms with Crippen LogP contribution in [0.3, 0.4) is 0 Å². The fourth-order valence-corrected chi connectivity index (χ4v) is 6.94. The van der Waals surface area contributed by atoms with Gasteiger partial charge in [0.1, 0.15) is 17.8 Å². The van der Waals surface area contributed by atoms with E-state index in [-0.39, 0.29) is 51.5 Å². The van der Waals surface area contributed by atoms with Crippen LogP contribution in [-0.2, 0) is 23.9 Å². The minimum absolute atomic E-state index is 0. The van der Waals surface area contributed by atoms with Gasteiger partial charge in [-0.2, -0.15) is 39.5 Å². The highest BCUT2D eigenvalue weighted by molar-refractivity contribution is 6.05. The zero-order valence-corrected chi connectivity index (χ0v) is 22.3. The highest BCUT2D eigenvalue weighted by Gasteiger charge is 3.07. The summed E-state index contributed by atoms with van der Waals surface area (Å²) in [5, 5.41) is 0. The first-order valence-electron chi connectivity index (χ1n) is 12.5. The van der Waals surface area contributed by atoms with Gasteiger partial charge >= 0.3 is 29.9 Å². The Balaban J connectivity index is -0.00000323. The molecule has 0 N–H and O–H groups in total. The predicted molar refractivity (Wildman–Crippen MR) is 154 cm³/mol.